The van der Waals surface area contributed by atoms with E-state index < -0.39 is 5.82 Å². The molecule has 0 atom stereocenters. The molecule has 1 aromatic carbocycles. The number of amidine groups is 1. The lowest BCUT2D eigenvalue weighted by Crippen LogP contribution is -2.23. The van der Waals surface area contributed by atoms with Gasteiger partial charge in [-0.1, -0.05) is 17.7 Å². The number of thioether (sulfide) groups is 1. The molecule has 0 saturated carbocycles. The minimum absolute atomic E-state index is 0.239. The number of carbonyl (C=O) groups excluding carboxylic acids is 1. The Hall–Kier alpha value is -1.33. The van der Waals surface area contributed by atoms with E-state index >= 15 is 0 Å². The van der Waals surface area contributed by atoms with Crippen LogP contribution in [0.4, 0.5) is 4.39 Å². The molecule has 1 fully saturated rings. The second kappa shape index (κ2) is 5.58. The standard InChI is InChI=1S/C14H12ClFN2OS/c15-10-4-3-5-11(16)9(10)8-12-13(19)17-14(20-12)18-6-1-2-7-18/h3-5,8H,1-2,6-7H2/b12-8+. The molecule has 1 saturated heterocycles. The predicted octanol–water partition coefficient (Wildman–Crippen LogP) is 3.55. The highest BCUT2D eigenvalue weighted by Crippen LogP contribution is 2.33. The molecule has 1 aromatic rings. The summed E-state index contributed by atoms with van der Waals surface area (Å²) in [5.74, 6) is -0.760. The lowest BCUT2D eigenvalue weighted by Gasteiger charge is -2.14. The van der Waals surface area contributed by atoms with E-state index in [-0.39, 0.29) is 11.5 Å². The topological polar surface area (TPSA) is 32.7 Å². The Kier molecular flexibility index (Phi) is 3.81. The Balaban J connectivity index is 1.86. The third-order valence-electron chi connectivity index (χ3n) is 3.26. The molecule has 1 amide bonds. The number of rotatable bonds is 1. The van der Waals surface area contributed by atoms with Gasteiger partial charge in [0.2, 0.25) is 0 Å². The Morgan fingerprint density at radius 1 is 1.35 bits per heavy atom. The molecule has 3 nitrogen and oxygen atoms in total. The first-order valence-electron chi connectivity index (χ1n) is 6.36. The van der Waals surface area contributed by atoms with Crippen LogP contribution < -0.4 is 0 Å². The van der Waals surface area contributed by atoms with Crippen LogP contribution >= 0.6 is 23.4 Å². The molecule has 0 radical (unpaired) electrons. The molecule has 2 aliphatic heterocycles. The van der Waals surface area contributed by atoms with E-state index in [0.717, 1.165) is 25.9 Å². The summed E-state index contributed by atoms with van der Waals surface area (Å²) in [5.41, 5.74) is 0.239. The van der Waals surface area contributed by atoms with Gasteiger partial charge in [0.05, 0.1) is 9.93 Å². The van der Waals surface area contributed by atoms with E-state index in [4.69, 9.17) is 11.6 Å². The van der Waals surface area contributed by atoms with Gasteiger partial charge in [-0.15, -0.1) is 0 Å². The van der Waals surface area contributed by atoms with Crippen LogP contribution in [0.3, 0.4) is 0 Å². The Morgan fingerprint density at radius 2 is 2.10 bits per heavy atom. The van der Waals surface area contributed by atoms with Crippen LogP contribution in [-0.4, -0.2) is 29.1 Å². The van der Waals surface area contributed by atoms with Crippen molar-refractivity contribution in [2.75, 3.05) is 13.1 Å². The van der Waals surface area contributed by atoms with Crippen molar-refractivity contribution >= 4 is 40.5 Å². The first kappa shape index (κ1) is 13.6. The van der Waals surface area contributed by atoms with Gasteiger partial charge in [-0.3, -0.25) is 4.79 Å². The van der Waals surface area contributed by atoms with Crippen molar-refractivity contribution < 1.29 is 9.18 Å². The van der Waals surface area contributed by atoms with Crippen molar-refractivity contribution in [2.45, 2.75) is 12.8 Å². The Morgan fingerprint density at radius 3 is 2.80 bits per heavy atom. The van der Waals surface area contributed by atoms with E-state index in [1.807, 2.05) is 0 Å². The number of carbonyl (C=O) groups is 1. The lowest BCUT2D eigenvalue weighted by molar-refractivity contribution is -0.113. The van der Waals surface area contributed by atoms with Gasteiger partial charge >= 0.3 is 0 Å². The summed E-state index contributed by atoms with van der Waals surface area (Å²) in [6.07, 6.45) is 3.72. The van der Waals surface area contributed by atoms with Gasteiger partial charge in [0.15, 0.2) is 5.17 Å². The summed E-state index contributed by atoms with van der Waals surface area (Å²) in [6, 6.07) is 4.46. The number of aliphatic imine (C=N–C) groups is 1. The molecule has 20 heavy (non-hydrogen) atoms. The maximum atomic E-state index is 13.7. The zero-order valence-electron chi connectivity index (χ0n) is 10.6. The number of halogens is 2. The van der Waals surface area contributed by atoms with Crippen LogP contribution in [-0.2, 0) is 4.79 Å². The lowest BCUT2D eigenvalue weighted by atomic mass is 10.2. The summed E-state index contributed by atoms with van der Waals surface area (Å²) in [5, 5.41) is 1.01. The highest BCUT2D eigenvalue weighted by Gasteiger charge is 2.28. The molecule has 3 rings (SSSR count). The molecule has 6 heteroatoms. The summed E-state index contributed by atoms with van der Waals surface area (Å²) in [7, 11) is 0. The van der Waals surface area contributed by atoms with Gasteiger partial charge in [0, 0.05) is 18.7 Å². The number of benzene rings is 1. The first-order valence-corrected chi connectivity index (χ1v) is 7.56. The van der Waals surface area contributed by atoms with Crippen LogP contribution in [0.1, 0.15) is 18.4 Å². The van der Waals surface area contributed by atoms with E-state index in [1.165, 1.54) is 30.0 Å². The maximum absolute atomic E-state index is 13.7. The highest BCUT2D eigenvalue weighted by molar-refractivity contribution is 8.18. The van der Waals surface area contributed by atoms with Gasteiger partial charge < -0.3 is 4.90 Å². The largest absolute Gasteiger partial charge is 0.351 e. The molecule has 104 valence electrons. The maximum Gasteiger partial charge on any atom is 0.286 e. The molecule has 0 unspecified atom stereocenters. The summed E-state index contributed by atoms with van der Waals surface area (Å²) in [4.78, 5) is 18.4. The van der Waals surface area contributed by atoms with Gasteiger partial charge in [0.1, 0.15) is 5.82 Å². The zero-order chi connectivity index (χ0) is 14.1. The third-order valence-corrected chi connectivity index (χ3v) is 4.63. The van der Waals surface area contributed by atoms with E-state index in [9.17, 15) is 9.18 Å². The van der Waals surface area contributed by atoms with Crippen LogP contribution in [0.25, 0.3) is 6.08 Å². The van der Waals surface area contributed by atoms with Crippen LogP contribution in [0.15, 0.2) is 28.1 Å². The summed E-state index contributed by atoms with van der Waals surface area (Å²) < 4.78 is 13.7. The fraction of sp³-hybridized carbons (Fsp3) is 0.286. The quantitative estimate of drug-likeness (QED) is 0.744. The van der Waals surface area contributed by atoms with Crippen molar-refractivity contribution in [3.05, 3.63) is 39.5 Å². The van der Waals surface area contributed by atoms with Gasteiger partial charge in [0.25, 0.3) is 5.91 Å². The second-order valence-electron chi connectivity index (χ2n) is 4.64. The second-order valence-corrected chi connectivity index (χ2v) is 6.06. The fourth-order valence-electron chi connectivity index (χ4n) is 2.22. The smallest absolute Gasteiger partial charge is 0.286 e. The van der Waals surface area contributed by atoms with Crippen molar-refractivity contribution in [1.29, 1.82) is 0 Å². The molecule has 0 spiro atoms. The Labute approximate surface area is 125 Å². The molecular formula is C14H12ClFN2OS. The monoisotopic (exact) mass is 310 g/mol. The normalized spacial score (nSPS) is 20.9. The van der Waals surface area contributed by atoms with Gasteiger partial charge in [-0.05, 0) is 42.8 Å². The number of likely N-dealkylation sites (tertiary alicyclic amines) is 1. The zero-order valence-corrected chi connectivity index (χ0v) is 12.2. The van der Waals surface area contributed by atoms with Gasteiger partial charge in [-0.25, -0.2) is 4.39 Å². The molecule has 0 aromatic heterocycles. The van der Waals surface area contributed by atoms with E-state index in [1.54, 1.807) is 6.07 Å². The first-order chi connectivity index (χ1) is 9.65. The molecule has 0 N–H and O–H groups in total. The molecule has 0 aliphatic carbocycles. The van der Waals surface area contributed by atoms with E-state index in [2.05, 4.69) is 9.89 Å². The minimum atomic E-state index is -0.437. The third kappa shape index (κ3) is 2.60. The number of hydrogen-bond donors (Lipinski definition) is 0. The minimum Gasteiger partial charge on any atom is -0.351 e. The number of hydrogen-bond acceptors (Lipinski definition) is 3. The van der Waals surface area contributed by atoms with Crippen molar-refractivity contribution in [2.24, 2.45) is 4.99 Å². The van der Waals surface area contributed by atoms with Crippen LogP contribution in [0.2, 0.25) is 5.02 Å². The predicted molar refractivity (Wildman–Crippen MR) is 80.2 cm³/mol. The number of amides is 1. The van der Waals surface area contributed by atoms with Crippen molar-refractivity contribution in [3.8, 4) is 0 Å². The summed E-state index contributed by atoms with van der Waals surface area (Å²) >= 11 is 7.26. The summed E-state index contributed by atoms with van der Waals surface area (Å²) in [6.45, 7) is 1.85. The Bertz CT molecular complexity index is 603. The molecule has 2 heterocycles. The van der Waals surface area contributed by atoms with E-state index in [0.29, 0.717) is 15.1 Å². The number of nitrogens with zero attached hydrogens (tertiary/aromatic N) is 2. The molecular weight excluding hydrogens is 299 g/mol. The van der Waals surface area contributed by atoms with Crippen LogP contribution in [0, 0.1) is 5.82 Å². The van der Waals surface area contributed by atoms with Crippen LogP contribution in [0.5, 0.6) is 0 Å². The van der Waals surface area contributed by atoms with Crippen molar-refractivity contribution in [1.82, 2.24) is 4.90 Å². The fourth-order valence-corrected chi connectivity index (χ4v) is 3.39. The van der Waals surface area contributed by atoms with Gasteiger partial charge in [-0.2, -0.15) is 4.99 Å². The van der Waals surface area contributed by atoms with Crippen molar-refractivity contribution in [3.63, 3.8) is 0 Å². The molecule has 2 aliphatic rings. The average Bonchev–Trinajstić information content (AvgIpc) is 3.04. The molecule has 0 bridgehead atoms. The highest BCUT2D eigenvalue weighted by atomic mass is 35.5. The SMILES string of the molecule is O=C1N=C(N2CCCC2)S/C1=C/c1c(F)cccc1Cl. The average molecular weight is 311 g/mol.